The fourth-order valence-electron chi connectivity index (χ4n) is 2.43. The van der Waals surface area contributed by atoms with E-state index in [1.165, 1.54) is 0 Å². The van der Waals surface area contributed by atoms with Crippen molar-refractivity contribution in [2.45, 2.75) is 26.8 Å². The maximum atomic E-state index is 12.3. The molecular formula is C13H15N5O2. The molecule has 0 spiro atoms. The second-order valence-electron chi connectivity index (χ2n) is 4.99. The van der Waals surface area contributed by atoms with Gasteiger partial charge in [-0.2, -0.15) is 5.10 Å². The number of amides is 1. The van der Waals surface area contributed by atoms with Crippen LogP contribution in [-0.4, -0.2) is 37.5 Å². The standard InChI is InChI=1S/C13H15N5O2/c1-7-5-10(17-16-7)13(20)18-4-3-9-11(6-18)14-8(2)15-12(9)19/h5H,3-4,6H2,1-2H3,(H,16,17)(H,14,15,19). The molecule has 20 heavy (non-hydrogen) atoms. The summed E-state index contributed by atoms with van der Waals surface area (Å²) in [6.07, 6.45) is 0.521. The number of hydrogen-bond donors (Lipinski definition) is 2. The third-order valence-electron chi connectivity index (χ3n) is 3.40. The predicted molar refractivity (Wildman–Crippen MR) is 71.4 cm³/mol. The first-order valence-corrected chi connectivity index (χ1v) is 6.44. The minimum absolute atomic E-state index is 0.102. The number of H-pyrrole nitrogens is 2. The zero-order valence-corrected chi connectivity index (χ0v) is 11.4. The van der Waals surface area contributed by atoms with Crippen LogP contribution >= 0.6 is 0 Å². The highest BCUT2D eigenvalue weighted by Gasteiger charge is 2.25. The molecule has 0 fully saturated rings. The lowest BCUT2D eigenvalue weighted by atomic mass is 10.1. The molecule has 1 aliphatic rings. The monoisotopic (exact) mass is 273 g/mol. The van der Waals surface area contributed by atoms with Crippen LogP contribution in [0.1, 0.15) is 33.3 Å². The molecule has 0 radical (unpaired) electrons. The van der Waals surface area contributed by atoms with E-state index in [1.807, 2.05) is 6.92 Å². The van der Waals surface area contributed by atoms with Crippen molar-refractivity contribution in [3.8, 4) is 0 Å². The summed E-state index contributed by atoms with van der Waals surface area (Å²) in [5.41, 5.74) is 2.50. The molecule has 7 heteroatoms. The summed E-state index contributed by atoms with van der Waals surface area (Å²) in [6, 6.07) is 1.72. The minimum atomic E-state index is -0.139. The van der Waals surface area contributed by atoms with E-state index in [9.17, 15) is 9.59 Å². The molecule has 1 aliphatic heterocycles. The molecule has 104 valence electrons. The molecular weight excluding hydrogens is 258 g/mol. The maximum Gasteiger partial charge on any atom is 0.274 e. The summed E-state index contributed by atoms with van der Waals surface area (Å²) in [7, 11) is 0. The highest BCUT2D eigenvalue weighted by molar-refractivity contribution is 5.92. The Morgan fingerprint density at radius 3 is 2.90 bits per heavy atom. The van der Waals surface area contributed by atoms with Gasteiger partial charge in [0.2, 0.25) is 0 Å². The Bertz CT molecular complexity index is 731. The topological polar surface area (TPSA) is 94.7 Å². The highest BCUT2D eigenvalue weighted by atomic mass is 16.2. The first-order valence-electron chi connectivity index (χ1n) is 6.44. The Kier molecular flexibility index (Phi) is 2.89. The number of aromatic amines is 2. The molecule has 0 aromatic carbocycles. The first kappa shape index (κ1) is 12.6. The molecule has 0 saturated heterocycles. The van der Waals surface area contributed by atoms with Gasteiger partial charge in [-0.15, -0.1) is 0 Å². The SMILES string of the molecule is Cc1cc(C(=O)N2CCc3c(nc(C)[nH]c3=O)C2)n[nH]1. The van der Waals surface area contributed by atoms with Gasteiger partial charge < -0.3 is 9.88 Å². The number of nitrogens with zero attached hydrogens (tertiary/aromatic N) is 3. The third kappa shape index (κ3) is 2.11. The van der Waals surface area contributed by atoms with Gasteiger partial charge in [-0.05, 0) is 26.3 Å². The van der Waals surface area contributed by atoms with Crippen molar-refractivity contribution in [2.24, 2.45) is 0 Å². The lowest BCUT2D eigenvalue weighted by molar-refractivity contribution is 0.0725. The van der Waals surface area contributed by atoms with Gasteiger partial charge in [-0.3, -0.25) is 14.7 Å². The zero-order valence-electron chi connectivity index (χ0n) is 11.4. The number of nitrogens with one attached hydrogen (secondary N) is 2. The third-order valence-corrected chi connectivity index (χ3v) is 3.40. The van der Waals surface area contributed by atoms with Crippen molar-refractivity contribution < 1.29 is 4.79 Å². The quantitative estimate of drug-likeness (QED) is 0.781. The fraction of sp³-hybridized carbons (Fsp3) is 0.385. The summed E-state index contributed by atoms with van der Waals surface area (Å²) in [6.45, 7) is 4.44. The molecule has 0 atom stereocenters. The maximum absolute atomic E-state index is 12.3. The number of carbonyl (C=O) groups is 1. The molecule has 0 aliphatic carbocycles. The molecule has 7 nitrogen and oxygen atoms in total. The molecule has 0 bridgehead atoms. The van der Waals surface area contributed by atoms with Crippen LogP contribution < -0.4 is 5.56 Å². The van der Waals surface area contributed by atoms with E-state index in [2.05, 4.69) is 20.2 Å². The van der Waals surface area contributed by atoms with Crippen LogP contribution in [0.15, 0.2) is 10.9 Å². The first-order chi connectivity index (χ1) is 9.54. The Labute approximate surface area is 115 Å². The molecule has 3 heterocycles. The van der Waals surface area contributed by atoms with Crippen molar-refractivity contribution in [1.29, 1.82) is 0 Å². The van der Waals surface area contributed by atoms with Crippen LogP contribution in [0, 0.1) is 13.8 Å². The average molecular weight is 273 g/mol. The number of hydrogen-bond acceptors (Lipinski definition) is 4. The fourth-order valence-corrected chi connectivity index (χ4v) is 2.43. The van der Waals surface area contributed by atoms with Crippen LogP contribution in [0.2, 0.25) is 0 Å². The number of aryl methyl sites for hydroxylation is 2. The molecule has 3 rings (SSSR count). The van der Waals surface area contributed by atoms with Crippen LogP contribution in [0.5, 0.6) is 0 Å². The number of aromatic nitrogens is 4. The van der Waals surface area contributed by atoms with E-state index in [0.29, 0.717) is 42.3 Å². The van der Waals surface area contributed by atoms with E-state index in [4.69, 9.17) is 0 Å². The Morgan fingerprint density at radius 1 is 1.40 bits per heavy atom. The number of carbonyl (C=O) groups excluding carboxylic acids is 1. The summed E-state index contributed by atoms with van der Waals surface area (Å²) < 4.78 is 0. The molecule has 2 N–H and O–H groups in total. The van der Waals surface area contributed by atoms with E-state index < -0.39 is 0 Å². The highest BCUT2D eigenvalue weighted by Crippen LogP contribution is 2.16. The van der Waals surface area contributed by atoms with Crippen LogP contribution in [-0.2, 0) is 13.0 Å². The lowest BCUT2D eigenvalue weighted by Crippen LogP contribution is -2.39. The summed E-state index contributed by atoms with van der Waals surface area (Å²) >= 11 is 0. The average Bonchev–Trinajstić information content (AvgIpc) is 2.83. The number of fused-ring (bicyclic) bond motifs is 1. The smallest absolute Gasteiger partial charge is 0.274 e. The molecule has 2 aromatic rings. The zero-order chi connectivity index (χ0) is 14.3. The van der Waals surface area contributed by atoms with Crippen molar-refractivity contribution in [1.82, 2.24) is 25.1 Å². The van der Waals surface area contributed by atoms with Crippen LogP contribution in [0.3, 0.4) is 0 Å². The number of rotatable bonds is 1. The second kappa shape index (κ2) is 4.59. The van der Waals surface area contributed by atoms with Crippen molar-refractivity contribution in [3.05, 3.63) is 44.9 Å². The van der Waals surface area contributed by atoms with Gasteiger partial charge >= 0.3 is 0 Å². The van der Waals surface area contributed by atoms with Crippen molar-refractivity contribution >= 4 is 5.91 Å². The minimum Gasteiger partial charge on any atom is -0.331 e. The van der Waals surface area contributed by atoms with Gasteiger partial charge in [-0.1, -0.05) is 0 Å². The van der Waals surface area contributed by atoms with Gasteiger partial charge in [0.15, 0.2) is 0 Å². The van der Waals surface area contributed by atoms with E-state index >= 15 is 0 Å². The lowest BCUT2D eigenvalue weighted by Gasteiger charge is -2.27. The molecule has 0 saturated carbocycles. The Morgan fingerprint density at radius 2 is 2.20 bits per heavy atom. The summed E-state index contributed by atoms with van der Waals surface area (Å²) in [5.74, 6) is 0.429. The second-order valence-corrected chi connectivity index (χ2v) is 4.99. The normalized spacial score (nSPS) is 14.2. The van der Waals surface area contributed by atoms with Crippen LogP contribution in [0.4, 0.5) is 0 Å². The molecule has 1 amide bonds. The van der Waals surface area contributed by atoms with Gasteiger partial charge in [0.25, 0.3) is 11.5 Å². The van der Waals surface area contributed by atoms with Crippen LogP contribution in [0.25, 0.3) is 0 Å². The van der Waals surface area contributed by atoms with Gasteiger partial charge in [0, 0.05) is 17.8 Å². The van der Waals surface area contributed by atoms with E-state index in [1.54, 1.807) is 17.9 Å². The van der Waals surface area contributed by atoms with E-state index in [-0.39, 0.29) is 11.5 Å². The molecule has 0 unspecified atom stereocenters. The largest absolute Gasteiger partial charge is 0.331 e. The van der Waals surface area contributed by atoms with E-state index in [0.717, 1.165) is 5.69 Å². The predicted octanol–water partition coefficient (Wildman–Crippen LogP) is 0.308. The van der Waals surface area contributed by atoms with Gasteiger partial charge in [-0.25, -0.2) is 4.98 Å². The summed E-state index contributed by atoms with van der Waals surface area (Å²) in [5, 5.41) is 6.74. The summed E-state index contributed by atoms with van der Waals surface area (Å²) in [4.78, 5) is 32.8. The van der Waals surface area contributed by atoms with Gasteiger partial charge in [0.1, 0.15) is 11.5 Å². The Balaban J connectivity index is 1.89. The Hall–Kier alpha value is -2.44. The van der Waals surface area contributed by atoms with Gasteiger partial charge in [0.05, 0.1) is 12.2 Å². The van der Waals surface area contributed by atoms with Crippen molar-refractivity contribution in [2.75, 3.05) is 6.54 Å². The van der Waals surface area contributed by atoms with Crippen molar-refractivity contribution in [3.63, 3.8) is 0 Å². The molecule has 2 aromatic heterocycles.